The van der Waals surface area contributed by atoms with E-state index in [0.717, 1.165) is 0 Å². The Morgan fingerprint density at radius 1 is 1.32 bits per heavy atom. The molecule has 1 aromatic heterocycles. The third kappa shape index (κ3) is 3.19. The molecule has 98 valence electrons. The van der Waals surface area contributed by atoms with Gasteiger partial charge in [0.05, 0.1) is 31.0 Å². The molecule has 0 aliphatic heterocycles. The molecule has 0 spiro atoms. The highest BCUT2D eigenvalue weighted by Crippen LogP contribution is 2.16. The summed E-state index contributed by atoms with van der Waals surface area (Å²) in [6.45, 7) is 0. The summed E-state index contributed by atoms with van der Waals surface area (Å²) in [4.78, 5) is 23.3. The van der Waals surface area contributed by atoms with Crippen molar-refractivity contribution in [3.05, 3.63) is 47.9 Å². The van der Waals surface area contributed by atoms with Gasteiger partial charge in [0.25, 0.3) is 0 Å². The molecule has 2 aromatic rings. The van der Waals surface area contributed by atoms with Crippen molar-refractivity contribution in [3.8, 4) is 0 Å². The second-order valence-electron chi connectivity index (χ2n) is 3.74. The van der Waals surface area contributed by atoms with Crippen LogP contribution in [0.5, 0.6) is 0 Å². The molecule has 6 nitrogen and oxygen atoms in total. The number of esters is 1. The molecule has 0 fully saturated rings. The lowest BCUT2D eigenvalue weighted by Crippen LogP contribution is -2.16. The van der Waals surface area contributed by atoms with E-state index in [1.807, 2.05) is 0 Å². The minimum Gasteiger partial charge on any atom is -0.465 e. The Hall–Kier alpha value is -2.63. The number of carbonyl (C=O) groups is 2. The number of ether oxygens (including phenoxy) is 1. The second-order valence-corrected chi connectivity index (χ2v) is 3.74. The van der Waals surface area contributed by atoms with E-state index in [0.29, 0.717) is 17.0 Å². The first kappa shape index (κ1) is 12.8. The van der Waals surface area contributed by atoms with Crippen LogP contribution in [0.15, 0.2) is 41.1 Å². The standard InChI is InChI=1S/C13H12N2O4/c1-18-13(17)10-4-2-3-5-11(10)15-12(16)8-9-6-7-14-19-9/h2-7H,8H2,1H3,(H,15,16). The number of carbonyl (C=O) groups excluding carboxylic acids is 2. The van der Waals surface area contributed by atoms with E-state index < -0.39 is 5.97 Å². The van der Waals surface area contributed by atoms with Crippen LogP contribution in [0, 0.1) is 0 Å². The lowest BCUT2D eigenvalue weighted by Gasteiger charge is -2.08. The molecule has 1 N–H and O–H groups in total. The van der Waals surface area contributed by atoms with Crippen molar-refractivity contribution in [3.63, 3.8) is 0 Å². The van der Waals surface area contributed by atoms with Crippen molar-refractivity contribution >= 4 is 17.6 Å². The van der Waals surface area contributed by atoms with Gasteiger partial charge in [-0.25, -0.2) is 4.79 Å². The fourth-order valence-corrected chi connectivity index (χ4v) is 1.57. The Labute approximate surface area is 109 Å². The normalized spacial score (nSPS) is 9.95. The van der Waals surface area contributed by atoms with Crippen LogP contribution in [0.3, 0.4) is 0 Å². The average Bonchev–Trinajstić information content (AvgIpc) is 2.91. The summed E-state index contributed by atoms with van der Waals surface area (Å²) >= 11 is 0. The molecular weight excluding hydrogens is 248 g/mol. The van der Waals surface area contributed by atoms with Crippen LogP contribution in [0.25, 0.3) is 0 Å². The smallest absolute Gasteiger partial charge is 0.339 e. The maximum atomic E-state index is 11.8. The summed E-state index contributed by atoms with van der Waals surface area (Å²) in [6, 6.07) is 8.22. The molecular formula is C13H12N2O4. The number of hydrogen-bond acceptors (Lipinski definition) is 5. The highest BCUT2D eigenvalue weighted by atomic mass is 16.5. The molecule has 6 heteroatoms. The lowest BCUT2D eigenvalue weighted by atomic mass is 10.1. The Kier molecular flexibility index (Phi) is 3.92. The van der Waals surface area contributed by atoms with E-state index in [9.17, 15) is 9.59 Å². The summed E-state index contributed by atoms with van der Waals surface area (Å²) < 4.78 is 9.48. The van der Waals surface area contributed by atoms with E-state index in [4.69, 9.17) is 4.52 Å². The maximum absolute atomic E-state index is 11.8. The van der Waals surface area contributed by atoms with E-state index in [1.54, 1.807) is 30.3 Å². The van der Waals surface area contributed by atoms with Gasteiger partial charge in [0.1, 0.15) is 5.76 Å². The van der Waals surface area contributed by atoms with Crippen LogP contribution in [-0.2, 0) is 16.0 Å². The SMILES string of the molecule is COC(=O)c1ccccc1NC(=O)Cc1ccno1. The van der Waals surface area contributed by atoms with Gasteiger partial charge in [0, 0.05) is 6.07 Å². The van der Waals surface area contributed by atoms with Crippen LogP contribution in [0.1, 0.15) is 16.1 Å². The van der Waals surface area contributed by atoms with Gasteiger partial charge in [-0.2, -0.15) is 0 Å². The first-order valence-corrected chi connectivity index (χ1v) is 5.57. The van der Waals surface area contributed by atoms with E-state index >= 15 is 0 Å². The molecule has 0 unspecified atom stereocenters. The summed E-state index contributed by atoms with van der Waals surface area (Å²) in [5.41, 5.74) is 0.704. The Bertz CT molecular complexity index is 578. The van der Waals surface area contributed by atoms with Crippen molar-refractivity contribution in [2.24, 2.45) is 0 Å². The van der Waals surface area contributed by atoms with Gasteiger partial charge in [-0.15, -0.1) is 0 Å². The number of para-hydroxylation sites is 1. The average molecular weight is 260 g/mol. The van der Waals surface area contributed by atoms with Crippen LogP contribution in [-0.4, -0.2) is 24.1 Å². The van der Waals surface area contributed by atoms with Crippen molar-refractivity contribution < 1.29 is 18.8 Å². The molecule has 1 amide bonds. The highest BCUT2D eigenvalue weighted by molar-refractivity contribution is 6.01. The fourth-order valence-electron chi connectivity index (χ4n) is 1.57. The molecule has 0 aliphatic rings. The molecule has 0 radical (unpaired) electrons. The van der Waals surface area contributed by atoms with Crippen LogP contribution in [0.2, 0.25) is 0 Å². The summed E-state index contributed by atoms with van der Waals surface area (Å²) in [5.74, 6) is -0.350. The number of aromatic nitrogens is 1. The number of nitrogens with zero attached hydrogens (tertiary/aromatic N) is 1. The Morgan fingerprint density at radius 2 is 2.11 bits per heavy atom. The van der Waals surface area contributed by atoms with Gasteiger partial charge in [-0.05, 0) is 12.1 Å². The molecule has 2 rings (SSSR count). The van der Waals surface area contributed by atoms with E-state index in [1.165, 1.54) is 13.3 Å². The van der Waals surface area contributed by atoms with Gasteiger partial charge >= 0.3 is 5.97 Å². The number of nitrogens with one attached hydrogen (secondary N) is 1. The van der Waals surface area contributed by atoms with Crippen molar-refractivity contribution in [2.75, 3.05) is 12.4 Å². The molecule has 0 bridgehead atoms. The minimum absolute atomic E-state index is 0.0511. The Morgan fingerprint density at radius 3 is 2.79 bits per heavy atom. The molecule has 1 aromatic carbocycles. The zero-order valence-corrected chi connectivity index (χ0v) is 10.3. The van der Waals surface area contributed by atoms with E-state index in [-0.39, 0.29) is 12.3 Å². The highest BCUT2D eigenvalue weighted by Gasteiger charge is 2.14. The second kappa shape index (κ2) is 5.81. The summed E-state index contributed by atoms with van der Waals surface area (Å²) in [6.07, 6.45) is 1.51. The first-order valence-electron chi connectivity index (χ1n) is 5.57. The predicted octanol–water partition coefficient (Wildman–Crippen LogP) is 1.64. The minimum atomic E-state index is -0.504. The number of hydrogen-bond donors (Lipinski definition) is 1. The van der Waals surface area contributed by atoms with Gasteiger partial charge in [-0.3, -0.25) is 4.79 Å². The van der Waals surface area contributed by atoms with Crippen molar-refractivity contribution in [2.45, 2.75) is 6.42 Å². The van der Waals surface area contributed by atoms with Crippen molar-refractivity contribution in [1.82, 2.24) is 5.16 Å². The number of anilines is 1. The molecule has 0 aliphatic carbocycles. The monoisotopic (exact) mass is 260 g/mol. The van der Waals surface area contributed by atoms with Gasteiger partial charge in [0.15, 0.2) is 0 Å². The van der Waals surface area contributed by atoms with Gasteiger partial charge in [-0.1, -0.05) is 17.3 Å². The molecule has 0 saturated heterocycles. The Balaban J connectivity index is 2.10. The quantitative estimate of drug-likeness (QED) is 0.845. The third-order valence-corrected chi connectivity index (χ3v) is 2.43. The number of methoxy groups -OCH3 is 1. The number of benzene rings is 1. The molecule has 19 heavy (non-hydrogen) atoms. The fraction of sp³-hybridized carbons (Fsp3) is 0.154. The summed E-state index contributed by atoms with van der Waals surface area (Å²) in [5, 5.41) is 6.15. The zero-order valence-electron chi connectivity index (χ0n) is 10.3. The predicted molar refractivity (Wildman–Crippen MR) is 66.6 cm³/mol. The molecule has 0 saturated carbocycles. The van der Waals surface area contributed by atoms with Crippen LogP contribution in [0.4, 0.5) is 5.69 Å². The largest absolute Gasteiger partial charge is 0.465 e. The number of amides is 1. The first-order chi connectivity index (χ1) is 9.20. The third-order valence-electron chi connectivity index (χ3n) is 2.43. The van der Waals surface area contributed by atoms with Gasteiger partial charge in [0.2, 0.25) is 5.91 Å². The van der Waals surface area contributed by atoms with Crippen molar-refractivity contribution in [1.29, 1.82) is 0 Å². The molecule has 1 heterocycles. The number of rotatable bonds is 4. The van der Waals surface area contributed by atoms with E-state index in [2.05, 4.69) is 15.2 Å². The topological polar surface area (TPSA) is 81.4 Å². The summed E-state index contributed by atoms with van der Waals surface area (Å²) in [7, 11) is 1.29. The van der Waals surface area contributed by atoms with Gasteiger partial charge < -0.3 is 14.6 Å². The lowest BCUT2D eigenvalue weighted by molar-refractivity contribution is -0.115. The van der Waals surface area contributed by atoms with Crippen LogP contribution >= 0.6 is 0 Å². The maximum Gasteiger partial charge on any atom is 0.339 e. The zero-order chi connectivity index (χ0) is 13.7. The molecule has 0 atom stereocenters. The van der Waals surface area contributed by atoms with Crippen LogP contribution < -0.4 is 5.32 Å².